The van der Waals surface area contributed by atoms with Gasteiger partial charge in [0.05, 0.1) is 0 Å². The second-order valence-electron chi connectivity index (χ2n) is 5.03. The van der Waals surface area contributed by atoms with Crippen LogP contribution in [0.1, 0.15) is 12.0 Å². The number of hydrogen-bond acceptors (Lipinski definition) is 2. The van der Waals surface area contributed by atoms with Gasteiger partial charge in [0.25, 0.3) is 0 Å². The molecule has 1 amide bonds. The van der Waals surface area contributed by atoms with Crippen LogP contribution in [0.3, 0.4) is 0 Å². The van der Waals surface area contributed by atoms with Gasteiger partial charge in [0.15, 0.2) is 0 Å². The van der Waals surface area contributed by atoms with Gasteiger partial charge >= 0.3 is 94.3 Å². The summed E-state index contributed by atoms with van der Waals surface area (Å²) < 4.78 is 1.43. The molecule has 0 unspecified atom stereocenters. The molecular weight excluding hydrogens is 295 g/mol. The zero-order valence-corrected chi connectivity index (χ0v) is 12.3. The topological polar surface area (TPSA) is 42.0 Å². The van der Waals surface area contributed by atoms with Crippen LogP contribution in [0.15, 0.2) is 12.3 Å². The molecule has 0 atom stereocenters. The van der Waals surface area contributed by atoms with Gasteiger partial charge in [-0.05, 0) is 0 Å². The molecule has 1 aromatic heterocycles. The van der Waals surface area contributed by atoms with E-state index in [1.807, 2.05) is 6.20 Å². The Labute approximate surface area is 94.2 Å². The van der Waals surface area contributed by atoms with Crippen LogP contribution in [0.2, 0.25) is 14.8 Å². The maximum atomic E-state index is 11.2. The van der Waals surface area contributed by atoms with Gasteiger partial charge in [-0.3, -0.25) is 0 Å². The molecular formula is C11H16N2OSn. The van der Waals surface area contributed by atoms with Crippen LogP contribution in [-0.2, 0) is 11.2 Å². The van der Waals surface area contributed by atoms with Gasteiger partial charge in [-0.15, -0.1) is 0 Å². The fourth-order valence-electron chi connectivity index (χ4n) is 1.67. The molecule has 15 heavy (non-hydrogen) atoms. The van der Waals surface area contributed by atoms with E-state index in [0.29, 0.717) is 6.42 Å². The van der Waals surface area contributed by atoms with Crippen LogP contribution in [0.25, 0.3) is 0 Å². The predicted molar refractivity (Wildman–Crippen MR) is 64.2 cm³/mol. The Morgan fingerprint density at radius 3 is 2.73 bits per heavy atom. The molecule has 80 valence electrons. The van der Waals surface area contributed by atoms with E-state index in [1.54, 1.807) is 0 Å². The molecule has 0 saturated heterocycles. The van der Waals surface area contributed by atoms with Crippen molar-refractivity contribution in [1.29, 1.82) is 0 Å². The average molecular weight is 311 g/mol. The Kier molecular flexibility index (Phi) is 2.75. The third-order valence-corrected chi connectivity index (χ3v) is 8.44. The Bertz CT molecular complexity index is 410. The summed E-state index contributed by atoms with van der Waals surface area (Å²) in [5.41, 5.74) is 1.21. The molecule has 1 N–H and O–H groups in total. The van der Waals surface area contributed by atoms with Crippen molar-refractivity contribution < 1.29 is 4.79 Å². The number of nitrogens with zero attached hydrogens (tertiary/aromatic N) is 1. The average Bonchev–Trinajstić information content (AvgIpc) is 2.15. The number of anilines is 1. The van der Waals surface area contributed by atoms with Crippen LogP contribution in [0, 0.1) is 0 Å². The van der Waals surface area contributed by atoms with E-state index < -0.39 is 18.4 Å². The first-order chi connectivity index (χ1) is 6.97. The number of fused-ring (bicyclic) bond motifs is 1. The molecule has 0 bridgehead atoms. The predicted octanol–water partition coefficient (Wildman–Crippen LogP) is 1.51. The molecule has 2 heterocycles. The number of pyridine rings is 1. The Balaban J connectivity index is 2.39. The minimum absolute atomic E-state index is 0.0852. The van der Waals surface area contributed by atoms with Crippen molar-refractivity contribution in [2.75, 3.05) is 5.32 Å². The van der Waals surface area contributed by atoms with E-state index in [2.05, 4.69) is 31.2 Å². The van der Waals surface area contributed by atoms with Crippen molar-refractivity contribution in [2.45, 2.75) is 27.7 Å². The van der Waals surface area contributed by atoms with Gasteiger partial charge < -0.3 is 0 Å². The van der Waals surface area contributed by atoms with Crippen LogP contribution in [0.4, 0.5) is 5.82 Å². The van der Waals surface area contributed by atoms with Crippen molar-refractivity contribution in [1.82, 2.24) is 4.98 Å². The van der Waals surface area contributed by atoms with Gasteiger partial charge in [0.2, 0.25) is 0 Å². The molecule has 0 radical (unpaired) electrons. The number of aryl methyl sites for hydroxylation is 1. The van der Waals surface area contributed by atoms with Crippen molar-refractivity contribution in [3.05, 3.63) is 17.8 Å². The number of carbonyl (C=O) groups is 1. The Hall–Kier alpha value is -0.581. The summed E-state index contributed by atoms with van der Waals surface area (Å²) in [4.78, 5) is 22.6. The summed E-state index contributed by atoms with van der Waals surface area (Å²) in [6, 6.07) is 2.25. The molecule has 0 aliphatic carbocycles. The normalized spacial score (nSPS) is 15.8. The molecule has 1 aromatic rings. The van der Waals surface area contributed by atoms with Gasteiger partial charge in [-0.2, -0.15) is 0 Å². The van der Waals surface area contributed by atoms with Gasteiger partial charge in [0.1, 0.15) is 0 Å². The molecule has 4 heteroatoms. The number of hydrogen-bond donors (Lipinski definition) is 1. The quantitative estimate of drug-likeness (QED) is 0.799. The maximum absolute atomic E-state index is 11.2. The van der Waals surface area contributed by atoms with Crippen LogP contribution >= 0.6 is 0 Å². The molecule has 0 fully saturated rings. The summed E-state index contributed by atoms with van der Waals surface area (Å²) in [5.74, 6) is 0.854. The van der Waals surface area contributed by atoms with Crippen molar-refractivity contribution >= 4 is 33.7 Å². The number of aromatic nitrogens is 1. The van der Waals surface area contributed by atoms with Crippen molar-refractivity contribution in [3.8, 4) is 0 Å². The number of amides is 1. The summed E-state index contributed by atoms with van der Waals surface area (Å²) in [5, 5.41) is 2.81. The first-order valence-electron chi connectivity index (χ1n) is 5.26. The fraction of sp³-hybridized carbons (Fsp3) is 0.455. The molecule has 1 aliphatic rings. The van der Waals surface area contributed by atoms with Gasteiger partial charge in [-0.25, -0.2) is 0 Å². The van der Waals surface area contributed by atoms with E-state index in [1.165, 1.54) is 9.14 Å². The standard InChI is InChI=1S/C8H7N2O.3CH3.Sn/c11-7-4-3-6-2-1-5-9-8(6)10-7;;;;/h2,5H,3-4H2,(H,9,10,11);3*1H3;. The first kappa shape index (κ1) is 10.9. The number of rotatable bonds is 1. The summed E-state index contributed by atoms with van der Waals surface area (Å²) in [7, 11) is 0. The first-order valence-corrected chi connectivity index (χ1v) is 15.2. The van der Waals surface area contributed by atoms with Gasteiger partial charge in [-0.1, -0.05) is 0 Å². The fourth-order valence-corrected chi connectivity index (χ4v) is 4.69. The van der Waals surface area contributed by atoms with E-state index in [9.17, 15) is 4.79 Å². The minimum atomic E-state index is -2.00. The zero-order valence-electron chi connectivity index (χ0n) is 9.42. The van der Waals surface area contributed by atoms with Crippen LogP contribution in [0.5, 0.6) is 0 Å². The van der Waals surface area contributed by atoms with Crippen LogP contribution < -0.4 is 8.90 Å². The SMILES string of the molecule is [CH3][Sn]([CH3])([CH3])[c]1cnc2c(c1)CCC(=O)N2. The molecule has 0 spiro atoms. The second-order valence-corrected chi connectivity index (χ2v) is 19.5. The Morgan fingerprint density at radius 2 is 2.07 bits per heavy atom. The summed E-state index contributed by atoms with van der Waals surface area (Å²) >= 11 is -2.00. The van der Waals surface area contributed by atoms with E-state index in [-0.39, 0.29) is 5.91 Å². The number of carbonyl (C=O) groups excluding carboxylic acids is 1. The third kappa shape index (κ3) is 2.33. The van der Waals surface area contributed by atoms with E-state index in [0.717, 1.165) is 12.2 Å². The zero-order chi connectivity index (χ0) is 11.1. The monoisotopic (exact) mass is 312 g/mol. The van der Waals surface area contributed by atoms with Crippen molar-refractivity contribution in [2.24, 2.45) is 0 Å². The molecule has 3 nitrogen and oxygen atoms in total. The third-order valence-electron chi connectivity index (χ3n) is 2.71. The summed E-state index contributed by atoms with van der Waals surface area (Å²) in [6.07, 6.45) is 3.38. The molecule has 1 aliphatic heterocycles. The number of nitrogens with one attached hydrogen (secondary N) is 1. The van der Waals surface area contributed by atoms with E-state index in [4.69, 9.17) is 0 Å². The van der Waals surface area contributed by atoms with Crippen molar-refractivity contribution in [3.63, 3.8) is 0 Å². The molecule has 0 aromatic carbocycles. The molecule has 0 saturated carbocycles. The summed E-state index contributed by atoms with van der Waals surface area (Å²) in [6.45, 7) is 0. The second kappa shape index (κ2) is 3.77. The van der Waals surface area contributed by atoms with Crippen LogP contribution in [-0.4, -0.2) is 29.3 Å². The van der Waals surface area contributed by atoms with Gasteiger partial charge in [0, 0.05) is 0 Å². The molecule has 2 rings (SSSR count). The van der Waals surface area contributed by atoms with E-state index >= 15 is 0 Å². The Morgan fingerprint density at radius 1 is 1.33 bits per heavy atom.